The van der Waals surface area contributed by atoms with Gasteiger partial charge in [-0.05, 0) is 29.6 Å². The Morgan fingerprint density at radius 1 is 1.20 bits per heavy atom. The molecule has 0 radical (unpaired) electrons. The smallest absolute Gasteiger partial charge is 0.151 e. The lowest BCUT2D eigenvalue weighted by Gasteiger charge is -2.01. The van der Waals surface area contributed by atoms with Crippen LogP contribution >= 0.6 is 11.3 Å². The van der Waals surface area contributed by atoms with Gasteiger partial charge in [-0.25, -0.2) is 8.78 Å². The summed E-state index contributed by atoms with van der Waals surface area (Å²) in [7, 11) is 0. The van der Waals surface area contributed by atoms with E-state index >= 15 is 0 Å². The second-order valence-corrected chi connectivity index (χ2v) is 3.86. The minimum absolute atomic E-state index is 0.132. The third kappa shape index (κ3) is 1.80. The number of rotatable bonds is 2. The van der Waals surface area contributed by atoms with Crippen LogP contribution in [0, 0.1) is 11.6 Å². The fourth-order valence-electron chi connectivity index (χ4n) is 1.30. The maximum atomic E-state index is 13.4. The zero-order valence-electron chi connectivity index (χ0n) is 7.54. The van der Waals surface area contributed by atoms with Gasteiger partial charge < -0.3 is 0 Å². The summed E-state index contributed by atoms with van der Waals surface area (Å²) in [4.78, 5) is 11.1. The molecule has 0 atom stereocenters. The molecule has 4 heteroatoms. The van der Waals surface area contributed by atoms with Crippen LogP contribution in [-0.4, -0.2) is 6.29 Å². The van der Waals surface area contributed by atoms with Gasteiger partial charge in [0, 0.05) is 16.0 Å². The van der Waals surface area contributed by atoms with E-state index in [4.69, 9.17) is 0 Å². The average Bonchev–Trinajstić information content (AvgIpc) is 2.69. The SMILES string of the molecule is O=Cc1ccsc1-c1cc(F)ccc1F. The quantitative estimate of drug-likeness (QED) is 0.713. The van der Waals surface area contributed by atoms with Crippen LogP contribution in [0.25, 0.3) is 10.4 Å². The first kappa shape index (κ1) is 9.98. The minimum Gasteiger partial charge on any atom is -0.298 e. The van der Waals surface area contributed by atoms with Crippen LogP contribution in [0.5, 0.6) is 0 Å². The van der Waals surface area contributed by atoms with Gasteiger partial charge >= 0.3 is 0 Å². The van der Waals surface area contributed by atoms with Crippen LogP contribution in [-0.2, 0) is 0 Å². The van der Waals surface area contributed by atoms with Crippen LogP contribution < -0.4 is 0 Å². The van der Waals surface area contributed by atoms with Crippen molar-refractivity contribution in [1.29, 1.82) is 0 Å². The van der Waals surface area contributed by atoms with Gasteiger partial charge in [0.2, 0.25) is 0 Å². The molecule has 2 aromatic rings. The number of thiophene rings is 1. The predicted molar refractivity (Wildman–Crippen MR) is 55.1 cm³/mol. The van der Waals surface area contributed by atoms with Crippen molar-refractivity contribution in [3.63, 3.8) is 0 Å². The maximum Gasteiger partial charge on any atom is 0.151 e. The molecule has 0 fully saturated rings. The van der Waals surface area contributed by atoms with Crippen LogP contribution in [0.4, 0.5) is 8.78 Å². The Labute approximate surface area is 89.0 Å². The highest BCUT2D eigenvalue weighted by molar-refractivity contribution is 7.14. The van der Waals surface area contributed by atoms with E-state index in [2.05, 4.69) is 0 Å². The molecule has 0 saturated heterocycles. The average molecular weight is 224 g/mol. The highest BCUT2D eigenvalue weighted by Gasteiger charge is 2.11. The normalized spacial score (nSPS) is 10.3. The molecular formula is C11H6F2OS. The number of carbonyl (C=O) groups excluding carboxylic acids is 1. The van der Waals surface area contributed by atoms with Gasteiger partial charge in [-0.1, -0.05) is 0 Å². The summed E-state index contributed by atoms with van der Waals surface area (Å²) < 4.78 is 26.3. The molecule has 1 nitrogen and oxygen atoms in total. The van der Waals surface area contributed by atoms with E-state index in [1.54, 1.807) is 11.4 Å². The van der Waals surface area contributed by atoms with E-state index in [-0.39, 0.29) is 5.56 Å². The molecular weight excluding hydrogens is 218 g/mol. The van der Waals surface area contributed by atoms with Crippen molar-refractivity contribution in [2.75, 3.05) is 0 Å². The zero-order valence-corrected chi connectivity index (χ0v) is 8.35. The summed E-state index contributed by atoms with van der Waals surface area (Å²) in [6.07, 6.45) is 0.635. The van der Waals surface area contributed by atoms with Crippen molar-refractivity contribution >= 4 is 17.6 Å². The minimum atomic E-state index is -0.526. The molecule has 0 unspecified atom stereocenters. The van der Waals surface area contributed by atoms with Crippen LogP contribution in [0.2, 0.25) is 0 Å². The molecule has 1 aromatic carbocycles. The Morgan fingerprint density at radius 3 is 2.73 bits per heavy atom. The molecule has 15 heavy (non-hydrogen) atoms. The zero-order chi connectivity index (χ0) is 10.8. The molecule has 0 saturated carbocycles. The number of hydrogen-bond acceptors (Lipinski definition) is 2. The maximum absolute atomic E-state index is 13.4. The van der Waals surface area contributed by atoms with Crippen molar-refractivity contribution in [3.8, 4) is 10.4 Å². The van der Waals surface area contributed by atoms with Crippen molar-refractivity contribution in [2.24, 2.45) is 0 Å². The van der Waals surface area contributed by atoms with Gasteiger partial charge in [0.25, 0.3) is 0 Å². The first-order valence-electron chi connectivity index (χ1n) is 4.20. The number of hydrogen-bond donors (Lipinski definition) is 0. The molecule has 0 spiro atoms. The Bertz CT molecular complexity index is 505. The first-order chi connectivity index (χ1) is 7.22. The summed E-state index contributed by atoms with van der Waals surface area (Å²) >= 11 is 1.21. The van der Waals surface area contributed by atoms with E-state index in [1.165, 1.54) is 11.3 Å². The Morgan fingerprint density at radius 2 is 2.00 bits per heavy atom. The molecule has 0 amide bonds. The molecule has 76 valence electrons. The standard InChI is InChI=1S/C11H6F2OS/c12-8-1-2-10(13)9(5-8)11-7(6-14)3-4-15-11/h1-6H. The molecule has 1 heterocycles. The van der Waals surface area contributed by atoms with Crippen molar-refractivity contribution in [3.05, 3.63) is 46.8 Å². The Hall–Kier alpha value is -1.55. The van der Waals surface area contributed by atoms with Gasteiger partial charge in [-0.15, -0.1) is 11.3 Å². The topological polar surface area (TPSA) is 17.1 Å². The van der Waals surface area contributed by atoms with Crippen molar-refractivity contribution in [1.82, 2.24) is 0 Å². The third-order valence-corrected chi connectivity index (χ3v) is 2.96. The van der Waals surface area contributed by atoms with Crippen molar-refractivity contribution in [2.45, 2.75) is 0 Å². The number of halogens is 2. The molecule has 0 aliphatic carbocycles. The number of aldehydes is 1. The lowest BCUT2D eigenvalue weighted by molar-refractivity contribution is 0.112. The fraction of sp³-hybridized carbons (Fsp3) is 0. The predicted octanol–water partition coefficient (Wildman–Crippen LogP) is 3.51. The number of carbonyl (C=O) groups is 1. The van der Waals surface area contributed by atoms with Crippen LogP contribution in [0.3, 0.4) is 0 Å². The second-order valence-electron chi connectivity index (χ2n) is 2.95. The van der Waals surface area contributed by atoms with Gasteiger partial charge in [0.05, 0.1) is 0 Å². The lowest BCUT2D eigenvalue weighted by Crippen LogP contribution is -1.87. The largest absolute Gasteiger partial charge is 0.298 e. The van der Waals surface area contributed by atoms with E-state index in [9.17, 15) is 13.6 Å². The molecule has 0 bridgehead atoms. The molecule has 0 aliphatic rings. The Balaban J connectivity index is 2.62. The highest BCUT2D eigenvalue weighted by Crippen LogP contribution is 2.31. The molecule has 0 N–H and O–H groups in total. The molecule has 2 rings (SSSR count). The van der Waals surface area contributed by atoms with Crippen molar-refractivity contribution < 1.29 is 13.6 Å². The van der Waals surface area contributed by atoms with E-state index in [0.717, 1.165) is 18.2 Å². The molecule has 1 aromatic heterocycles. The summed E-state index contributed by atoms with van der Waals surface area (Å²) in [5.74, 6) is -1.04. The molecule has 0 aliphatic heterocycles. The van der Waals surface area contributed by atoms with Crippen LogP contribution in [0.1, 0.15) is 10.4 Å². The fourth-order valence-corrected chi connectivity index (χ4v) is 2.19. The van der Waals surface area contributed by atoms with Crippen LogP contribution in [0.15, 0.2) is 29.6 Å². The summed E-state index contributed by atoms with van der Waals surface area (Å²) in [6.45, 7) is 0. The van der Waals surface area contributed by atoms with Gasteiger partial charge in [-0.2, -0.15) is 0 Å². The first-order valence-corrected chi connectivity index (χ1v) is 5.08. The third-order valence-electron chi connectivity index (χ3n) is 2.00. The summed E-state index contributed by atoms with van der Waals surface area (Å²) in [6, 6.07) is 4.78. The van der Waals surface area contributed by atoms with Gasteiger partial charge in [0.15, 0.2) is 6.29 Å². The van der Waals surface area contributed by atoms with E-state index in [1.807, 2.05) is 0 Å². The summed E-state index contributed by atoms with van der Waals surface area (Å²) in [5.41, 5.74) is 0.511. The monoisotopic (exact) mass is 224 g/mol. The van der Waals surface area contributed by atoms with E-state index < -0.39 is 11.6 Å². The second kappa shape index (κ2) is 3.90. The summed E-state index contributed by atoms with van der Waals surface area (Å²) in [5, 5.41) is 1.67. The van der Waals surface area contributed by atoms with E-state index in [0.29, 0.717) is 16.7 Å². The Kier molecular flexibility index (Phi) is 2.60. The van der Waals surface area contributed by atoms with Gasteiger partial charge in [0.1, 0.15) is 11.6 Å². The highest BCUT2D eigenvalue weighted by atomic mass is 32.1. The lowest BCUT2D eigenvalue weighted by atomic mass is 10.1. The van der Waals surface area contributed by atoms with Gasteiger partial charge in [-0.3, -0.25) is 4.79 Å². The number of benzene rings is 1.